The highest BCUT2D eigenvalue weighted by Gasteiger charge is 2.21. The molecule has 0 unspecified atom stereocenters. The van der Waals surface area contributed by atoms with Crippen LogP contribution in [-0.2, 0) is 6.42 Å². The minimum atomic E-state index is -0.290. The van der Waals surface area contributed by atoms with Crippen molar-refractivity contribution in [2.24, 2.45) is 0 Å². The number of rotatable bonds is 0. The first-order valence-corrected chi connectivity index (χ1v) is 5.55. The molecule has 2 aromatic rings. The van der Waals surface area contributed by atoms with E-state index in [-0.39, 0.29) is 6.10 Å². The molecular weight excluding hydrogens is 186 g/mol. The van der Waals surface area contributed by atoms with Gasteiger partial charge in [-0.25, -0.2) is 0 Å². The number of hydrogen-bond donors (Lipinski definition) is 2. The monoisotopic (exact) mass is 201 g/mol. The lowest BCUT2D eigenvalue weighted by molar-refractivity contribution is 0.153. The molecule has 0 amide bonds. The van der Waals surface area contributed by atoms with Crippen molar-refractivity contribution in [3.63, 3.8) is 0 Å². The van der Waals surface area contributed by atoms with Gasteiger partial charge in [0.2, 0.25) is 0 Å². The summed E-state index contributed by atoms with van der Waals surface area (Å²) in [6.07, 6.45) is 2.78. The quantitative estimate of drug-likeness (QED) is 0.675. The van der Waals surface area contributed by atoms with Crippen molar-refractivity contribution in [3.05, 3.63) is 35.0 Å². The van der Waals surface area contributed by atoms with Crippen LogP contribution in [0.4, 0.5) is 0 Å². The van der Waals surface area contributed by atoms with Gasteiger partial charge in [0.15, 0.2) is 0 Å². The zero-order valence-corrected chi connectivity index (χ0v) is 8.88. The zero-order valence-electron chi connectivity index (χ0n) is 8.88. The molecule has 3 rings (SSSR count). The number of nitrogens with one attached hydrogen (secondary N) is 1. The summed E-state index contributed by atoms with van der Waals surface area (Å²) in [5.41, 5.74) is 4.81. The number of aliphatic hydroxyl groups excluding tert-OH is 1. The number of hydrogen-bond acceptors (Lipinski definition) is 1. The number of fused-ring (bicyclic) bond motifs is 3. The lowest BCUT2D eigenvalue weighted by Crippen LogP contribution is -2.07. The second-order valence-corrected chi connectivity index (χ2v) is 4.47. The summed E-state index contributed by atoms with van der Waals surface area (Å²) >= 11 is 0. The predicted octanol–water partition coefficient (Wildman–Crippen LogP) is 2.85. The van der Waals surface area contributed by atoms with Crippen LogP contribution in [0.25, 0.3) is 10.9 Å². The molecule has 0 spiro atoms. The Morgan fingerprint density at radius 2 is 2.27 bits per heavy atom. The summed E-state index contributed by atoms with van der Waals surface area (Å²) in [7, 11) is 0. The molecule has 78 valence electrons. The Balaban J connectivity index is 2.31. The fourth-order valence-corrected chi connectivity index (χ4v) is 2.55. The standard InChI is InChI=1S/C13H15NO/c1-8-5-6-11-10(7-8)9-3-2-4-12(15)13(9)14-11/h5-7,12,14-15H,2-4H2,1H3/t12-/m0/s1. The van der Waals surface area contributed by atoms with Crippen molar-refractivity contribution in [2.75, 3.05) is 0 Å². The molecule has 0 saturated heterocycles. The highest BCUT2D eigenvalue weighted by molar-refractivity contribution is 5.85. The molecule has 1 aliphatic carbocycles. The molecule has 0 radical (unpaired) electrons. The Morgan fingerprint density at radius 1 is 1.40 bits per heavy atom. The Bertz CT molecular complexity index is 512. The van der Waals surface area contributed by atoms with Crippen LogP contribution in [0.5, 0.6) is 0 Å². The summed E-state index contributed by atoms with van der Waals surface area (Å²) in [6, 6.07) is 6.43. The van der Waals surface area contributed by atoms with Crippen molar-refractivity contribution in [1.29, 1.82) is 0 Å². The molecule has 2 nitrogen and oxygen atoms in total. The van der Waals surface area contributed by atoms with E-state index in [9.17, 15) is 5.11 Å². The topological polar surface area (TPSA) is 36.0 Å². The maximum atomic E-state index is 9.90. The third kappa shape index (κ3) is 1.29. The Hall–Kier alpha value is -1.28. The molecular formula is C13H15NO. The fraction of sp³-hybridized carbons (Fsp3) is 0.385. The molecule has 1 heterocycles. The molecule has 0 fully saturated rings. The molecule has 2 heteroatoms. The summed E-state index contributed by atoms with van der Waals surface area (Å²) in [4.78, 5) is 3.34. The molecule has 0 bridgehead atoms. The first-order valence-electron chi connectivity index (χ1n) is 5.55. The lowest BCUT2D eigenvalue weighted by Gasteiger charge is -2.17. The molecule has 0 saturated carbocycles. The van der Waals surface area contributed by atoms with Crippen LogP contribution in [0.3, 0.4) is 0 Å². The SMILES string of the molecule is Cc1ccc2[nH]c3c(c2c1)CCC[C@@H]3O. The van der Waals surface area contributed by atoms with Crippen LogP contribution in [0.1, 0.15) is 35.8 Å². The zero-order chi connectivity index (χ0) is 10.4. The number of aryl methyl sites for hydroxylation is 2. The van der Waals surface area contributed by atoms with Gasteiger partial charge in [-0.05, 0) is 43.9 Å². The average molecular weight is 201 g/mol. The average Bonchev–Trinajstić information content (AvgIpc) is 2.58. The smallest absolute Gasteiger partial charge is 0.0941 e. The van der Waals surface area contributed by atoms with E-state index in [1.165, 1.54) is 16.5 Å². The van der Waals surface area contributed by atoms with Crippen molar-refractivity contribution in [2.45, 2.75) is 32.3 Å². The molecule has 1 atom stereocenters. The predicted molar refractivity (Wildman–Crippen MR) is 60.9 cm³/mol. The van der Waals surface area contributed by atoms with Gasteiger partial charge in [0.25, 0.3) is 0 Å². The third-order valence-corrected chi connectivity index (χ3v) is 3.33. The first-order chi connectivity index (χ1) is 7.25. The molecule has 15 heavy (non-hydrogen) atoms. The second-order valence-electron chi connectivity index (χ2n) is 4.47. The van der Waals surface area contributed by atoms with Gasteiger partial charge in [-0.15, -0.1) is 0 Å². The van der Waals surface area contributed by atoms with Gasteiger partial charge in [-0.2, -0.15) is 0 Å². The minimum absolute atomic E-state index is 0.290. The fourth-order valence-electron chi connectivity index (χ4n) is 2.55. The number of aliphatic hydroxyl groups is 1. The number of aromatic nitrogens is 1. The summed E-state index contributed by atoms with van der Waals surface area (Å²) in [5, 5.41) is 11.2. The van der Waals surface area contributed by atoms with Crippen molar-refractivity contribution < 1.29 is 5.11 Å². The maximum Gasteiger partial charge on any atom is 0.0941 e. The van der Waals surface area contributed by atoms with Gasteiger partial charge >= 0.3 is 0 Å². The van der Waals surface area contributed by atoms with E-state index < -0.39 is 0 Å². The minimum Gasteiger partial charge on any atom is -0.387 e. The van der Waals surface area contributed by atoms with Crippen molar-refractivity contribution >= 4 is 10.9 Å². The number of benzene rings is 1. The highest BCUT2D eigenvalue weighted by atomic mass is 16.3. The summed E-state index contributed by atoms with van der Waals surface area (Å²) in [5.74, 6) is 0. The summed E-state index contributed by atoms with van der Waals surface area (Å²) < 4.78 is 0. The van der Waals surface area contributed by atoms with E-state index in [1.54, 1.807) is 0 Å². The molecule has 1 aliphatic rings. The van der Waals surface area contributed by atoms with Gasteiger partial charge in [0.05, 0.1) is 6.10 Å². The van der Waals surface area contributed by atoms with Gasteiger partial charge in [-0.3, -0.25) is 0 Å². The van der Waals surface area contributed by atoms with E-state index in [1.807, 2.05) is 0 Å². The van der Waals surface area contributed by atoms with E-state index in [0.29, 0.717) is 0 Å². The normalized spacial score (nSPS) is 20.5. The Labute approximate surface area is 88.9 Å². The van der Waals surface area contributed by atoms with E-state index in [2.05, 4.69) is 30.1 Å². The number of H-pyrrole nitrogens is 1. The van der Waals surface area contributed by atoms with Gasteiger partial charge in [0.1, 0.15) is 0 Å². The van der Waals surface area contributed by atoms with Crippen molar-refractivity contribution in [1.82, 2.24) is 4.98 Å². The molecule has 2 N–H and O–H groups in total. The number of aromatic amines is 1. The van der Waals surface area contributed by atoms with Crippen LogP contribution >= 0.6 is 0 Å². The van der Waals surface area contributed by atoms with E-state index in [4.69, 9.17) is 0 Å². The second kappa shape index (κ2) is 3.11. The van der Waals surface area contributed by atoms with Gasteiger partial charge in [-0.1, -0.05) is 11.6 Å². The molecule has 1 aromatic heterocycles. The Morgan fingerprint density at radius 3 is 3.13 bits per heavy atom. The van der Waals surface area contributed by atoms with Crippen LogP contribution < -0.4 is 0 Å². The van der Waals surface area contributed by atoms with Gasteiger partial charge < -0.3 is 10.1 Å². The Kier molecular flexibility index (Phi) is 1.86. The van der Waals surface area contributed by atoms with E-state index >= 15 is 0 Å². The van der Waals surface area contributed by atoms with Crippen molar-refractivity contribution in [3.8, 4) is 0 Å². The third-order valence-electron chi connectivity index (χ3n) is 3.33. The molecule has 1 aromatic carbocycles. The maximum absolute atomic E-state index is 9.90. The van der Waals surface area contributed by atoms with Gasteiger partial charge in [0, 0.05) is 16.6 Å². The van der Waals surface area contributed by atoms with Crippen LogP contribution in [-0.4, -0.2) is 10.1 Å². The summed E-state index contributed by atoms with van der Waals surface area (Å²) in [6.45, 7) is 2.11. The first kappa shape index (κ1) is 8.98. The van der Waals surface area contributed by atoms with Crippen LogP contribution in [0.2, 0.25) is 0 Å². The lowest BCUT2D eigenvalue weighted by atomic mass is 9.93. The van der Waals surface area contributed by atoms with Crippen LogP contribution in [0.15, 0.2) is 18.2 Å². The largest absolute Gasteiger partial charge is 0.387 e. The highest BCUT2D eigenvalue weighted by Crippen LogP contribution is 2.34. The molecule has 0 aliphatic heterocycles. The van der Waals surface area contributed by atoms with Crippen LogP contribution in [0, 0.1) is 6.92 Å². The van der Waals surface area contributed by atoms with E-state index in [0.717, 1.165) is 30.5 Å².